The molecule has 0 spiro atoms. The molecule has 102 valence electrons. The normalized spacial score (nSPS) is 11.8. The average molecular weight is 276 g/mol. The highest BCUT2D eigenvalue weighted by Gasteiger charge is 2.12. The predicted molar refractivity (Wildman–Crippen MR) is 73.4 cm³/mol. The van der Waals surface area contributed by atoms with E-state index in [1.807, 2.05) is 11.8 Å². The lowest BCUT2D eigenvalue weighted by Gasteiger charge is -2.22. The number of nitrogens with one attached hydrogen (secondary N) is 1. The van der Waals surface area contributed by atoms with Gasteiger partial charge in [0.25, 0.3) is 0 Å². The molecule has 0 saturated heterocycles. The van der Waals surface area contributed by atoms with Gasteiger partial charge in [-0.2, -0.15) is 0 Å². The van der Waals surface area contributed by atoms with E-state index in [4.69, 9.17) is 5.73 Å². The van der Waals surface area contributed by atoms with E-state index in [1.165, 1.54) is 12.1 Å². The van der Waals surface area contributed by atoms with E-state index < -0.39 is 5.82 Å². The minimum atomic E-state index is -0.435. The average Bonchev–Trinajstić information content (AvgIpc) is 2.31. The van der Waals surface area contributed by atoms with Crippen molar-refractivity contribution in [3.05, 3.63) is 30.1 Å². The molecule has 6 heteroatoms. The molecule has 1 aromatic carbocycles. The fourth-order valence-corrected chi connectivity index (χ4v) is 1.31. The van der Waals surface area contributed by atoms with E-state index in [1.54, 1.807) is 19.2 Å². The second-order valence-corrected chi connectivity index (χ2v) is 4.03. The number of rotatable bonds is 5. The van der Waals surface area contributed by atoms with Crippen molar-refractivity contribution in [2.45, 2.75) is 13.0 Å². The molecule has 0 aliphatic rings. The van der Waals surface area contributed by atoms with Gasteiger partial charge in [0.1, 0.15) is 5.82 Å². The molecule has 0 radical (unpaired) electrons. The third-order valence-corrected chi connectivity index (χ3v) is 2.63. The maximum absolute atomic E-state index is 13.3. The van der Waals surface area contributed by atoms with Crippen LogP contribution in [0.15, 0.2) is 24.3 Å². The number of carbonyl (C=O) groups is 1. The molecule has 0 bridgehead atoms. The van der Waals surface area contributed by atoms with Crippen molar-refractivity contribution in [1.82, 2.24) is 4.90 Å². The Balaban J connectivity index is 0.00000289. The monoisotopic (exact) mass is 275 g/mol. The smallest absolute Gasteiger partial charge is 0.238 e. The van der Waals surface area contributed by atoms with Crippen LogP contribution < -0.4 is 11.1 Å². The summed E-state index contributed by atoms with van der Waals surface area (Å²) in [5, 5.41) is 2.52. The zero-order chi connectivity index (χ0) is 12.8. The van der Waals surface area contributed by atoms with E-state index in [0.717, 1.165) is 0 Å². The third kappa shape index (κ3) is 5.00. The molecule has 0 heterocycles. The summed E-state index contributed by atoms with van der Waals surface area (Å²) < 4.78 is 13.3. The Morgan fingerprint density at radius 3 is 2.67 bits per heavy atom. The van der Waals surface area contributed by atoms with Crippen LogP contribution in [0.5, 0.6) is 0 Å². The highest BCUT2D eigenvalue weighted by atomic mass is 35.5. The summed E-state index contributed by atoms with van der Waals surface area (Å²) in [5.41, 5.74) is 5.69. The van der Waals surface area contributed by atoms with E-state index in [0.29, 0.717) is 6.54 Å². The Morgan fingerprint density at radius 2 is 2.11 bits per heavy atom. The van der Waals surface area contributed by atoms with Crippen LogP contribution >= 0.6 is 12.4 Å². The van der Waals surface area contributed by atoms with Crippen LogP contribution in [-0.2, 0) is 4.79 Å². The Bertz CT molecular complexity index is 389. The zero-order valence-electron chi connectivity index (χ0n) is 10.5. The largest absolute Gasteiger partial charge is 0.329 e. The quantitative estimate of drug-likeness (QED) is 0.855. The van der Waals surface area contributed by atoms with Gasteiger partial charge in [-0.25, -0.2) is 4.39 Å². The lowest BCUT2D eigenvalue weighted by Crippen LogP contribution is -2.40. The number of hydrogen-bond acceptors (Lipinski definition) is 3. The summed E-state index contributed by atoms with van der Waals surface area (Å²) in [7, 11) is 1.80. The van der Waals surface area contributed by atoms with Crippen molar-refractivity contribution in [3.8, 4) is 0 Å². The maximum Gasteiger partial charge on any atom is 0.238 e. The van der Waals surface area contributed by atoms with Crippen molar-refractivity contribution in [3.63, 3.8) is 0 Å². The topological polar surface area (TPSA) is 58.4 Å². The number of benzene rings is 1. The highest BCUT2D eigenvalue weighted by Crippen LogP contribution is 2.12. The fourth-order valence-electron chi connectivity index (χ4n) is 1.31. The Kier molecular flexibility index (Phi) is 7.50. The van der Waals surface area contributed by atoms with Gasteiger partial charge in [-0.3, -0.25) is 9.69 Å². The first kappa shape index (κ1) is 16.8. The summed E-state index contributed by atoms with van der Waals surface area (Å²) in [6.07, 6.45) is 0. The number of carbonyl (C=O) groups excluding carboxylic acids is 1. The second-order valence-electron chi connectivity index (χ2n) is 4.03. The van der Waals surface area contributed by atoms with Crippen LogP contribution in [0.2, 0.25) is 0 Å². The predicted octanol–water partition coefficient (Wildman–Crippen LogP) is 1.47. The van der Waals surface area contributed by atoms with Gasteiger partial charge >= 0.3 is 0 Å². The highest BCUT2D eigenvalue weighted by molar-refractivity contribution is 5.92. The molecular weight excluding hydrogens is 257 g/mol. The van der Waals surface area contributed by atoms with Gasteiger partial charge in [-0.1, -0.05) is 12.1 Å². The van der Waals surface area contributed by atoms with Crippen molar-refractivity contribution < 1.29 is 9.18 Å². The second kappa shape index (κ2) is 8.02. The van der Waals surface area contributed by atoms with Crippen LogP contribution in [0.1, 0.15) is 6.92 Å². The molecule has 1 unspecified atom stereocenters. The number of hydrogen-bond donors (Lipinski definition) is 2. The first-order valence-electron chi connectivity index (χ1n) is 5.49. The lowest BCUT2D eigenvalue weighted by molar-refractivity contribution is -0.117. The molecule has 4 nitrogen and oxygen atoms in total. The molecule has 1 amide bonds. The standard InChI is InChI=1S/C12H18FN3O.ClH/c1-9(7-14)16(2)8-12(17)15-11-6-4-3-5-10(11)13;/h3-6,9H,7-8,14H2,1-2H3,(H,15,17);1H. The van der Waals surface area contributed by atoms with Gasteiger partial charge < -0.3 is 11.1 Å². The molecule has 0 aromatic heterocycles. The molecule has 0 fully saturated rings. The Hall–Kier alpha value is -1.17. The first-order chi connectivity index (χ1) is 8.04. The van der Waals surface area contributed by atoms with Crippen molar-refractivity contribution >= 4 is 24.0 Å². The fraction of sp³-hybridized carbons (Fsp3) is 0.417. The molecule has 1 atom stereocenters. The molecule has 18 heavy (non-hydrogen) atoms. The number of nitrogens with zero attached hydrogens (tertiary/aromatic N) is 1. The molecule has 1 aromatic rings. The first-order valence-corrected chi connectivity index (χ1v) is 5.49. The van der Waals surface area contributed by atoms with Gasteiger partial charge in [-0.15, -0.1) is 12.4 Å². The van der Waals surface area contributed by atoms with Gasteiger partial charge in [0.05, 0.1) is 12.2 Å². The number of para-hydroxylation sites is 1. The summed E-state index contributed by atoms with van der Waals surface area (Å²) >= 11 is 0. The van der Waals surface area contributed by atoms with Gasteiger partial charge in [-0.05, 0) is 26.1 Å². The van der Waals surface area contributed by atoms with Crippen LogP contribution in [-0.4, -0.2) is 37.0 Å². The Morgan fingerprint density at radius 1 is 1.50 bits per heavy atom. The molecular formula is C12H19ClFN3O. The molecule has 1 rings (SSSR count). The molecule has 0 aliphatic heterocycles. The van der Waals surface area contributed by atoms with Crippen LogP contribution in [0, 0.1) is 5.82 Å². The maximum atomic E-state index is 13.3. The minimum Gasteiger partial charge on any atom is -0.329 e. The summed E-state index contributed by atoms with van der Waals surface area (Å²) in [4.78, 5) is 13.5. The third-order valence-electron chi connectivity index (χ3n) is 2.63. The summed E-state index contributed by atoms with van der Waals surface area (Å²) in [6.45, 7) is 2.59. The SMILES string of the molecule is CC(CN)N(C)CC(=O)Nc1ccccc1F.Cl. The van der Waals surface area contributed by atoms with Crippen LogP contribution in [0.25, 0.3) is 0 Å². The molecule has 0 aliphatic carbocycles. The number of nitrogens with two attached hydrogens (primary N) is 1. The molecule has 3 N–H and O–H groups in total. The van der Waals surface area contributed by atoms with Crippen LogP contribution in [0.4, 0.5) is 10.1 Å². The van der Waals surface area contributed by atoms with Crippen molar-refractivity contribution in [2.24, 2.45) is 5.73 Å². The van der Waals surface area contributed by atoms with Crippen molar-refractivity contribution in [1.29, 1.82) is 0 Å². The number of anilines is 1. The Labute approximate surface area is 113 Å². The number of likely N-dealkylation sites (N-methyl/N-ethyl adjacent to an activating group) is 1. The minimum absolute atomic E-state index is 0. The van der Waals surface area contributed by atoms with E-state index in [2.05, 4.69) is 5.32 Å². The van der Waals surface area contributed by atoms with E-state index in [9.17, 15) is 9.18 Å². The van der Waals surface area contributed by atoms with Crippen molar-refractivity contribution in [2.75, 3.05) is 25.5 Å². The lowest BCUT2D eigenvalue weighted by atomic mass is 10.3. The summed E-state index contributed by atoms with van der Waals surface area (Å²) in [6, 6.07) is 6.20. The van der Waals surface area contributed by atoms with Gasteiger partial charge in [0, 0.05) is 12.6 Å². The summed E-state index contributed by atoms with van der Waals surface area (Å²) in [5.74, 6) is -0.687. The zero-order valence-corrected chi connectivity index (χ0v) is 11.3. The van der Waals surface area contributed by atoms with E-state index in [-0.39, 0.29) is 36.6 Å². The van der Waals surface area contributed by atoms with Gasteiger partial charge in [0.2, 0.25) is 5.91 Å². The number of halogens is 2. The number of amides is 1. The molecule has 0 saturated carbocycles. The van der Waals surface area contributed by atoms with Gasteiger partial charge in [0.15, 0.2) is 0 Å². The van der Waals surface area contributed by atoms with E-state index >= 15 is 0 Å². The van der Waals surface area contributed by atoms with Crippen LogP contribution in [0.3, 0.4) is 0 Å².